The van der Waals surface area contributed by atoms with Crippen molar-refractivity contribution in [1.82, 2.24) is 9.97 Å². The Hall–Kier alpha value is -1.30. The lowest BCUT2D eigenvalue weighted by Crippen LogP contribution is -2.29. The van der Waals surface area contributed by atoms with E-state index in [2.05, 4.69) is 9.97 Å². The minimum absolute atomic E-state index is 0.418. The molecule has 88 valence electrons. The lowest BCUT2D eigenvalue weighted by molar-refractivity contribution is -0.140. The lowest BCUT2D eigenvalue weighted by Gasteiger charge is -2.20. The van der Waals surface area contributed by atoms with E-state index in [4.69, 9.17) is 5.11 Å². The van der Waals surface area contributed by atoms with E-state index >= 15 is 0 Å². The van der Waals surface area contributed by atoms with Gasteiger partial charge in [-0.25, -0.2) is 4.98 Å². The molecule has 16 heavy (non-hydrogen) atoms. The summed E-state index contributed by atoms with van der Waals surface area (Å²) in [6.07, 6.45) is 5.24. The maximum Gasteiger partial charge on any atom is 0.308 e. The molecule has 0 aliphatic rings. The summed E-state index contributed by atoms with van der Waals surface area (Å²) in [4.78, 5) is 20.9. The highest BCUT2D eigenvalue weighted by Gasteiger charge is 2.14. The molecule has 0 fully saturated rings. The van der Waals surface area contributed by atoms with Crippen LogP contribution in [-0.2, 0) is 4.79 Å². The Morgan fingerprint density at radius 3 is 2.88 bits per heavy atom. The molecule has 0 bridgehead atoms. The van der Waals surface area contributed by atoms with Crippen LogP contribution >= 0.6 is 11.8 Å². The van der Waals surface area contributed by atoms with Crippen molar-refractivity contribution in [2.45, 2.75) is 11.9 Å². The molecule has 1 heterocycles. The molecule has 0 saturated heterocycles. The summed E-state index contributed by atoms with van der Waals surface area (Å²) >= 11 is 1.51. The van der Waals surface area contributed by atoms with Crippen LogP contribution in [0.2, 0.25) is 0 Å². The molecule has 0 radical (unpaired) electrons. The smallest absolute Gasteiger partial charge is 0.308 e. The first-order valence-corrected chi connectivity index (χ1v) is 6.07. The van der Waals surface area contributed by atoms with E-state index in [1.165, 1.54) is 11.8 Å². The van der Waals surface area contributed by atoms with Crippen molar-refractivity contribution in [3.63, 3.8) is 0 Å². The van der Waals surface area contributed by atoms with E-state index in [1.54, 1.807) is 24.2 Å². The van der Waals surface area contributed by atoms with Crippen LogP contribution in [0, 0.1) is 5.92 Å². The van der Waals surface area contributed by atoms with Crippen LogP contribution in [0.5, 0.6) is 0 Å². The van der Waals surface area contributed by atoms with Gasteiger partial charge in [0.05, 0.1) is 18.3 Å². The van der Waals surface area contributed by atoms with Crippen molar-refractivity contribution >= 4 is 23.5 Å². The van der Waals surface area contributed by atoms with Gasteiger partial charge in [-0.3, -0.25) is 9.78 Å². The van der Waals surface area contributed by atoms with Crippen molar-refractivity contribution in [3.05, 3.63) is 12.4 Å². The number of carboxylic acids is 1. The Bertz CT molecular complexity index is 373. The van der Waals surface area contributed by atoms with Crippen molar-refractivity contribution < 1.29 is 9.90 Å². The molecule has 1 aromatic heterocycles. The van der Waals surface area contributed by atoms with E-state index < -0.39 is 11.9 Å². The quantitative estimate of drug-likeness (QED) is 0.785. The van der Waals surface area contributed by atoms with Gasteiger partial charge >= 0.3 is 5.97 Å². The highest BCUT2D eigenvalue weighted by Crippen LogP contribution is 2.15. The molecule has 0 aliphatic heterocycles. The summed E-state index contributed by atoms with van der Waals surface area (Å²) in [5.74, 6) is -0.537. The Morgan fingerprint density at radius 1 is 1.62 bits per heavy atom. The van der Waals surface area contributed by atoms with Crippen molar-refractivity contribution in [1.29, 1.82) is 0 Å². The van der Waals surface area contributed by atoms with Crippen LogP contribution in [-0.4, -0.2) is 40.9 Å². The summed E-state index contributed by atoms with van der Waals surface area (Å²) in [5, 5.41) is 9.64. The second kappa shape index (κ2) is 5.69. The normalized spacial score (nSPS) is 12.2. The van der Waals surface area contributed by atoms with Gasteiger partial charge in [0.2, 0.25) is 0 Å². The largest absolute Gasteiger partial charge is 0.481 e. The van der Waals surface area contributed by atoms with Crippen LogP contribution in [0.25, 0.3) is 0 Å². The van der Waals surface area contributed by atoms with Crippen LogP contribution in [0.15, 0.2) is 17.4 Å². The van der Waals surface area contributed by atoms with Crippen LogP contribution in [0.4, 0.5) is 5.82 Å². The zero-order valence-corrected chi connectivity index (χ0v) is 10.4. The minimum atomic E-state index is -0.805. The zero-order valence-electron chi connectivity index (χ0n) is 9.54. The number of hydrogen-bond acceptors (Lipinski definition) is 5. The molecule has 0 aliphatic carbocycles. The average Bonchev–Trinajstić information content (AvgIpc) is 2.28. The van der Waals surface area contributed by atoms with E-state index in [0.717, 1.165) is 5.03 Å². The van der Waals surface area contributed by atoms with Gasteiger partial charge in [0.15, 0.2) is 0 Å². The standard InChI is InChI=1S/C10H15N3O2S/c1-7(10(14)15)6-13(2)8-4-11-5-9(12-8)16-3/h4-5,7H,6H2,1-3H3,(H,14,15). The lowest BCUT2D eigenvalue weighted by atomic mass is 10.2. The molecule has 0 amide bonds. The van der Waals surface area contributed by atoms with E-state index in [0.29, 0.717) is 12.4 Å². The summed E-state index contributed by atoms with van der Waals surface area (Å²) < 4.78 is 0. The van der Waals surface area contributed by atoms with Crippen LogP contribution in [0.1, 0.15) is 6.92 Å². The maximum atomic E-state index is 10.7. The molecule has 0 saturated carbocycles. The number of aliphatic carboxylic acids is 1. The number of anilines is 1. The molecule has 0 spiro atoms. The van der Waals surface area contributed by atoms with Gasteiger partial charge in [-0.05, 0) is 6.26 Å². The number of carboxylic acid groups (broad SMARTS) is 1. The number of aromatic nitrogens is 2. The minimum Gasteiger partial charge on any atom is -0.481 e. The molecule has 1 atom stereocenters. The van der Waals surface area contributed by atoms with Gasteiger partial charge in [-0.2, -0.15) is 0 Å². The second-order valence-corrected chi connectivity index (χ2v) is 4.37. The number of hydrogen-bond donors (Lipinski definition) is 1. The molecule has 1 aromatic rings. The molecular weight excluding hydrogens is 226 g/mol. The van der Waals surface area contributed by atoms with Crippen molar-refractivity contribution in [2.75, 3.05) is 24.7 Å². The van der Waals surface area contributed by atoms with Crippen molar-refractivity contribution in [2.24, 2.45) is 5.92 Å². The topological polar surface area (TPSA) is 66.3 Å². The summed E-state index contributed by atoms with van der Waals surface area (Å²) in [5.41, 5.74) is 0. The highest BCUT2D eigenvalue weighted by molar-refractivity contribution is 7.98. The summed E-state index contributed by atoms with van der Waals surface area (Å²) in [7, 11) is 1.81. The van der Waals surface area contributed by atoms with Gasteiger partial charge in [0.25, 0.3) is 0 Å². The van der Waals surface area contributed by atoms with Gasteiger partial charge in [-0.15, -0.1) is 11.8 Å². The molecule has 6 heteroatoms. The Kier molecular flexibility index (Phi) is 4.54. The zero-order chi connectivity index (χ0) is 12.1. The first kappa shape index (κ1) is 12.8. The summed E-state index contributed by atoms with van der Waals surface area (Å²) in [6.45, 7) is 2.09. The fourth-order valence-corrected chi connectivity index (χ4v) is 1.55. The SMILES string of the molecule is CSc1cncc(N(C)CC(C)C(=O)O)n1. The van der Waals surface area contributed by atoms with Gasteiger partial charge in [-0.1, -0.05) is 6.92 Å². The second-order valence-electron chi connectivity index (χ2n) is 3.54. The maximum absolute atomic E-state index is 10.7. The molecular formula is C10H15N3O2S. The Labute approximate surface area is 98.9 Å². The molecule has 1 unspecified atom stereocenters. The monoisotopic (exact) mass is 241 g/mol. The predicted molar refractivity (Wildman–Crippen MR) is 63.9 cm³/mol. The number of nitrogens with zero attached hydrogens (tertiary/aromatic N) is 3. The Morgan fingerprint density at radius 2 is 2.31 bits per heavy atom. The Balaban J connectivity index is 2.72. The third-order valence-electron chi connectivity index (χ3n) is 2.17. The van der Waals surface area contributed by atoms with Crippen molar-refractivity contribution in [3.8, 4) is 0 Å². The van der Waals surface area contributed by atoms with E-state index in [9.17, 15) is 4.79 Å². The number of thioether (sulfide) groups is 1. The number of rotatable bonds is 5. The third kappa shape index (κ3) is 3.37. The first-order valence-electron chi connectivity index (χ1n) is 4.84. The highest BCUT2D eigenvalue weighted by atomic mass is 32.2. The van der Waals surface area contributed by atoms with Crippen LogP contribution in [0.3, 0.4) is 0 Å². The molecule has 1 rings (SSSR count). The van der Waals surface area contributed by atoms with Crippen LogP contribution < -0.4 is 4.90 Å². The molecule has 1 N–H and O–H groups in total. The van der Waals surface area contributed by atoms with Gasteiger partial charge < -0.3 is 10.0 Å². The van der Waals surface area contributed by atoms with E-state index in [1.807, 2.05) is 13.3 Å². The fraction of sp³-hybridized carbons (Fsp3) is 0.500. The first-order chi connectivity index (χ1) is 7.54. The van der Waals surface area contributed by atoms with Gasteiger partial charge in [0.1, 0.15) is 10.8 Å². The van der Waals surface area contributed by atoms with Gasteiger partial charge in [0, 0.05) is 13.6 Å². The molecule has 5 nitrogen and oxygen atoms in total. The average molecular weight is 241 g/mol. The summed E-state index contributed by atoms with van der Waals surface area (Å²) in [6, 6.07) is 0. The third-order valence-corrected chi connectivity index (χ3v) is 2.78. The number of carbonyl (C=O) groups is 1. The fourth-order valence-electron chi connectivity index (χ4n) is 1.20. The molecule has 0 aromatic carbocycles. The predicted octanol–water partition coefficient (Wildman–Crippen LogP) is 1.36. The van der Waals surface area contributed by atoms with E-state index in [-0.39, 0.29) is 0 Å².